The van der Waals surface area contributed by atoms with Crippen LogP contribution in [-0.4, -0.2) is 13.2 Å². The number of allylic oxidation sites excluding steroid dienone is 2. The first kappa shape index (κ1) is 41.1. The molecule has 0 spiro atoms. The SMILES string of the molecule is CCCCCCCCCCCCc1cc2c(C)sc(C3=Cc4c(c(OCCCCCCCC)c5c(c4OCCCCCCCC)CC(C)=C5)C3)c2s1. The van der Waals surface area contributed by atoms with Gasteiger partial charge in [-0.05, 0) is 63.7 Å². The Morgan fingerprint density at radius 2 is 1.02 bits per heavy atom. The fourth-order valence-corrected chi connectivity index (χ4v) is 10.9. The van der Waals surface area contributed by atoms with Crippen molar-refractivity contribution in [1.29, 1.82) is 0 Å². The van der Waals surface area contributed by atoms with E-state index in [-0.39, 0.29) is 0 Å². The Labute approximate surface area is 326 Å². The molecule has 0 amide bonds. The van der Waals surface area contributed by atoms with Crippen LogP contribution in [0.5, 0.6) is 11.5 Å². The van der Waals surface area contributed by atoms with Crippen LogP contribution in [0, 0.1) is 6.92 Å². The number of aryl methyl sites for hydroxylation is 2. The molecule has 1 aromatic carbocycles. The molecule has 2 nitrogen and oxygen atoms in total. The lowest BCUT2D eigenvalue weighted by molar-refractivity contribution is 0.292. The van der Waals surface area contributed by atoms with Gasteiger partial charge >= 0.3 is 0 Å². The molecule has 0 bridgehead atoms. The van der Waals surface area contributed by atoms with Crippen molar-refractivity contribution in [2.24, 2.45) is 0 Å². The van der Waals surface area contributed by atoms with Gasteiger partial charge in [0, 0.05) is 48.7 Å². The molecule has 0 fully saturated rings. The standard InChI is InChI=1S/C48H72O2S2/c1-6-9-12-15-18-19-20-21-22-25-28-39-35-40-37(5)51-47(48(40)52-39)38-33-43-44(34-38)46(50-30-27-24-17-14-11-8-3)42-32-36(4)31-41(42)45(43)49-29-26-23-16-13-10-7-2/h31,34-35H,6-30,32-33H2,1-5H3. The van der Waals surface area contributed by atoms with E-state index in [9.17, 15) is 0 Å². The lowest BCUT2D eigenvalue weighted by atomic mass is 9.97. The Bertz CT molecular complexity index is 1580. The maximum atomic E-state index is 6.84. The topological polar surface area (TPSA) is 18.5 Å². The van der Waals surface area contributed by atoms with E-state index in [1.165, 1.54) is 188 Å². The Morgan fingerprint density at radius 1 is 0.538 bits per heavy atom. The van der Waals surface area contributed by atoms with Crippen LogP contribution >= 0.6 is 22.7 Å². The maximum Gasteiger partial charge on any atom is 0.131 e. The smallest absolute Gasteiger partial charge is 0.131 e. The van der Waals surface area contributed by atoms with Crippen LogP contribution in [0.1, 0.15) is 206 Å². The van der Waals surface area contributed by atoms with E-state index in [0.29, 0.717) is 0 Å². The zero-order valence-corrected chi connectivity index (χ0v) is 35.6. The lowest BCUT2D eigenvalue weighted by Gasteiger charge is -2.20. The second-order valence-electron chi connectivity index (χ2n) is 16.1. The van der Waals surface area contributed by atoms with Crippen molar-refractivity contribution in [1.82, 2.24) is 0 Å². The number of fused-ring (bicyclic) bond motifs is 3. The predicted molar refractivity (Wildman–Crippen MR) is 233 cm³/mol. The van der Waals surface area contributed by atoms with Gasteiger partial charge < -0.3 is 9.47 Å². The van der Waals surface area contributed by atoms with Gasteiger partial charge in [-0.25, -0.2) is 0 Å². The normalized spacial score (nSPS) is 13.6. The summed E-state index contributed by atoms with van der Waals surface area (Å²) < 4.78 is 15.2. The molecule has 5 rings (SSSR count). The summed E-state index contributed by atoms with van der Waals surface area (Å²) in [6.07, 6.45) is 37.4. The Hall–Kier alpha value is -2.04. The van der Waals surface area contributed by atoms with Gasteiger partial charge in [0.15, 0.2) is 0 Å². The summed E-state index contributed by atoms with van der Waals surface area (Å²) in [7, 11) is 0. The summed E-state index contributed by atoms with van der Waals surface area (Å²) in [6, 6.07) is 2.53. The molecule has 288 valence electrons. The van der Waals surface area contributed by atoms with Crippen LogP contribution in [0.3, 0.4) is 0 Å². The van der Waals surface area contributed by atoms with Crippen molar-refractivity contribution in [3.05, 3.63) is 48.5 Å². The zero-order chi connectivity index (χ0) is 36.5. The van der Waals surface area contributed by atoms with Gasteiger partial charge in [0.2, 0.25) is 0 Å². The van der Waals surface area contributed by atoms with Crippen molar-refractivity contribution in [3.63, 3.8) is 0 Å². The highest BCUT2D eigenvalue weighted by Crippen LogP contribution is 2.52. The van der Waals surface area contributed by atoms with E-state index in [1.54, 1.807) is 4.88 Å². The van der Waals surface area contributed by atoms with Crippen molar-refractivity contribution >= 4 is 50.5 Å². The maximum absolute atomic E-state index is 6.84. The molecule has 2 aromatic heterocycles. The second kappa shape index (κ2) is 22.4. The molecule has 0 saturated carbocycles. The Kier molecular flexibility index (Phi) is 17.7. The summed E-state index contributed by atoms with van der Waals surface area (Å²) >= 11 is 4.07. The van der Waals surface area contributed by atoms with Crippen LogP contribution in [0.25, 0.3) is 27.8 Å². The van der Waals surface area contributed by atoms with Gasteiger partial charge in [0.05, 0.1) is 17.9 Å². The van der Waals surface area contributed by atoms with Gasteiger partial charge in [-0.15, -0.1) is 22.7 Å². The van der Waals surface area contributed by atoms with Gasteiger partial charge in [0.25, 0.3) is 0 Å². The minimum Gasteiger partial charge on any atom is -0.493 e. The molecular formula is C48H72O2S2. The first-order valence-corrected chi connectivity index (χ1v) is 23.6. The summed E-state index contributed by atoms with van der Waals surface area (Å²) in [6.45, 7) is 13.1. The fraction of sp³-hybridized carbons (Fsp3) is 0.667. The fourth-order valence-electron chi connectivity index (χ4n) is 8.33. The van der Waals surface area contributed by atoms with Crippen LogP contribution in [0.15, 0.2) is 11.6 Å². The third-order valence-electron chi connectivity index (χ3n) is 11.4. The molecule has 4 heteroatoms. The lowest BCUT2D eigenvalue weighted by Crippen LogP contribution is -2.08. The molecule has 52 heavy (non-hydrogen) atoms. The monoisotopic (exact) mass is 744 g/mol. The first-order valence-electron chi connectivity index (χ1n) is 21.9. The predicted octanol–water partition coefficient (Wildman–Crippen LogP) is 16.3. The van der Waals surface area contributed by atoms with Gasteiger partial charge in [0.1, 0.15) is 11.5 Å². The quantitative estimate of drug-likeness (QED) is 0.0689. The molecule has 0 N–H and O–H groups in total. The van der Waals surface area contributed by atoms with E-state index >= 15 is 0 Å². The number of rotatable bonds is 28. The van der Waals surface area contributed by atoms with Crippen molar-refractivity contribution < 1.29 is 9.47 Å². The third kappa shape index (κ3) is 11.5. The van der Waals surface area contributed by atoms with E-state index in [2.05, 4.69) is 64.2 Å². The van der Waals surface area contributed by atoms with Crippen molar-refractivity contribution in [3.8, 4) is 11.5 Å². The summed E-state index contributed by atoms with van der Waals surface area (Å²) in [5.74, 6) is 2.29. The molecule has 3 aromatic rings. The summed E-state index contributed by atoms with van der Waals surface area (Å²) in [5, 5.41) is 1.49. The minimum atomic E-state index is 0.806. The number of hydrogen-bond acceptors (Lipinski definition) is 4. The number of hydrogen-bond donors (Lipinski definition) is 0. The highest BCUT2D eigenvalue weighted by Gasteiger charge is 2.32. The Balaban J connectivity index is 1.30. The average Bonchev–Trinajstić information content (AvgIpc) is 3.92. The van der Waals surface area contributed by atoms with Gasteiger partial charge in [-0.1, -0.05) is 154 Å². The molecule has 2 aliphatic carbocycles. The molecule has 0 atom stereocenters. The molecule has 2 heterocycles. The van der Waals surface area contributed by atoms with Gasteiger partial charge in [-0.3, -0.25) is 0 Å². The third-order valence-corrected chi connectivity index (χ3v) is 13.9. The summed E-state index contributed by atoms with van der Waals surface area (Å²) in [5.41, 5.74) is 8.22. The molecule has 0 unspecified atom stereocenters. The van der Waals surface area contributed by atoms with Crippen molar-refractivity contribution in [2.75, 3.05) is 13.2 Å². The molecule has 2 aliphatic rings. The van der Waals surface area contributed by atoms with Crippen molar-refractivity contribution in [2.45, 2.75) is 195 Å². The second-order valence-corrected chi connectivity index (χ2v) is 18.4. The average molecular weight is 745 g/mol. The molecule has 0 aliphatic heterocycles. The van der Waals surface area contributed by atoms with Crippen LogP contribution in [0.4, 0.5) is 0 Å². The van der Waals surface area contributed by atoms with Crippen LogP contribution in [0.2, 0.25) is 0 Å². The first-order chi connectivity index (χ1) is 25.5. The van der Waals surface area contributed by atoms with Crippen LogP contribution < -0.4 is 9.47 Å². The number of unbranched alkanes of at least 4 members (excludes halogenated alkanes) is 19. The number of thiophene rings is 2. The largest absolute Gasteiger partial charge is 0.493 e. The Morgan fingerprint density at radius 3 is 1.58 bits per heavy atom. The van der Waals surface area contributed by atoms with E-state index in [4.69, 9.17) is 9.47 Å². The van der Waals surface area contributed by atoms with Crippen LogP contribution in [-0.2, 0) is 19.3 Å². The zero-order valence-electron chi connectivity index (χ0n) is 34.0. The van der Waals surface area contributed by atoms with E-state index in [0.717, 1.165) is 50.4 Å². The molecule has 0 saturated heterocycles. The van der Waals surface area contributed by atoms with E-state index in [1.807, 2.05) is 11.3 Å². The van der Waals surface area contributed by atoms with Gasteiger partial charge in [-0.2, -0.15) is 0 Å². The number of benzene rings is 1. The minimum absolute atomic E-state index is 0.806. The molecular weight excluding hydrogens is 673 g/mol. The van der Waals surface area contributed by atoms with E-state index < -0.39 is 0 Å². The highest BCUT2D eigenvalue weighted by atomic mass is 32.1. The number of ether oxygens (including phenoxy) is 2. The molecule has 0 radical (unpaired) electrons. The highest BCUT2D eigenvalue weighted by molar-refractivity contribution is 7.25. The summed E-state index contributed by atoms with van der Waals surface area (Å²) in [4.78, 5) is 4.52.